The van der Waals surface area contributed by atoms with E-state index in [-0.39, 0.29) is 11.7 Å². The maximum atomic E-state index is 12.8. The van der Waals surface area contributed by atoms with E-state index in [1.165, 1.54) is 12.1 Å². The predicted molar refractivity (Wildman–Crippen MR) is 61.9 cm³/mol. The first-order chi connectivity index (χ1) is 7.10. The van der Waals surface area contributed by atoms with Crippen LogP contribution in [0.3, 0.4) is 0 Å². The molecule has 2 nitrogen and oxygen atoms in total. The Bertz CT molecular complexity index is 328. The number of aliphatic hydroxyl groups excluding tert-OH is 1. The third kappa shape index (κ3) is 3.00. The summed E-state index contributed by atoms with van der Waals surface area (Å²) in [6.07, 6.45) is 0.150. The number of aliphatic hydroxyl groups is 1. The van der Waals surface area contributed by atoms with E-state index in [4.69, 9.17) is 5.73 Å². The first-order valence-corrected chi connectivity index (χ1v) is 5.72. The molecule has 84 valence electrons. The molecule has 0 aliphatic carbocycles. The Labute approximate surface area is 97.4 Å². The lowest BCUT2D eigenvalue weighted by molar-refractivity contribution is 0.109. The smallest absolute Gasteiger partial charge is 0.124 e. The highest BCUT2D eigenvalue weighted by Gasteiger charge is 2.20. The number of benzene rings is 1. The van der Waals surface area contributed by atoms with Crippen LogP contribution in [0.15, 0.2) is 22.7 Å². The Balaban J connectivity index is 2.94. The maximum Gasteiger partial charge on any atom is 0.124 e. The van der Waals surface area contributed by atoms with Gasteiger partial charge in [-0.05, 0) is 30.7 Å². The fourth-order valence-electron chi connectivity index (χ4n) is 1.51. The van der Waals surface area contributed by atoms with Crippen molar-refractivity contribution in [3.05, 3.63) is 34.1 Å². The van der Waals surface area contributed by atoms with Crippen LogP contribution >= 0.6 is 15.9 Å². The lowest BCUT2D eigenvalue weighted by Crippen LogP contribution is -2.21. The van der Waals surface area contributed by atoms with Gasteiger partial charge in [-0.15, -0.1) is 0 Å². The molecule has 0 spiro atoms. The molecule has 0 aromatic heterocycles. The number of rotatable bonds is 4. The molecule has 0 radical (unpaired) electrons. The van der Waals surface area contributed by atoms with E-state index < -0.39 is 6.10 Å². The lowest BCUT2D eigenvalue weighted by atomic mass is 9.94. The second-order valence-corrected chi connectivity index (χ2v) is 4.37. The molecule has 0 fully saturated rings. The van der Waals surface area contributed by atoms with E-state index >= 15 is 0 Å². The van der Waals surface area contributed by atoms with Crippen LogP contribution < -0.4 is 5.73 Å². The molecular formula is C11H15BrFNO. The normalized spacial score (nSPS) is 15.0. The minimum atomic E-state index is -0.644. The summed E-state index contributed by atoms with van der Waals surface area (Å²) in [5.41, 5.74) is 6.24. The number of hydrogen-bond donors (Lipinski definition) is 2. The van der Waals surface area contributed by atoms with Crippen molar-refractivity contribution in [1.82, 2.24) is 0 Å². The highest BCUT2D eigenvalue weighted by atomic mass is 79.9. The summed E-state index contributed by atoms with van der Waals surface area (Å²) >= 11 is 3.23. The van der Waals surface area contributed by atoms with Gasteiger partial charge in [-0.2, -0.15) is 0 Å². The van der Waals surface area contributed by atoms with Crippen LogP contribution in [-0.2, 0) is 0 Å². The molecule has 0 aliphatic heterocycles. The zero-order chi connectivity index (χ0) is 11.4. The van der Waals surface area contributed by atoms with Gasteiger partial charge in [-0.3, -0.25) is 0 Å². The Kier molecular flexibility index (Phi) is 4.70. The van der Waals surface area contributed by atoms with Crippen LogP contribution in [0.25, 0.3) is 0 Å². The summed E-state index contributed by atoms with van der Waals surface area (Å²) < 4.78 is 13.4. The van der Waals surface area contributed by atoms with Gasteiger partial charge in [0.25, 0.3) is 0 Å². The topological polar surface area (TPSA) is 46.2 Å². The molecule has 4 heteroatoms. The van der Waals surface area contributed by atoms with Crippen molar-refractivity contribution in [2.24, 2.45) is 11.7 Å². The Morgan fingerprint density at radius 1 is 1.53 bits per heavy atom. The van der Waals surface area contributed by atoms with Crippen LogP contribution in [0.4, 0.5) is 4.39 Å². The molecule has 0 amide bonds. The quantitative estimate of drug-likeness (QED) is 0.888. The largest absolute Gasteiger partial charge is 0.388 e. The van der Waals surface area contributed by atoms with Gasteiger partial charge in [-0.1, -0.05) is 28.9 Å². The predicted octanol–water partition coefficient (Wildman–Crippen LogP) is 2.61. The fourth-order valence-corrected chi connectivity index (χ4v) is 2.10. The molecule has 0 bridgehead atoms. The SMILES string of the molecule is CCC(CN)C(O)c1ccc(F)cc1Br. The van der Waals surface area contributed by atoms with E-state index in [0.717, 1.165) is 6.42 Å². The number of nitrogens with two attached hydrogens (primary N) is 1. The van der Waals surface area contributed by atoms with Gasteiger partial charge in [0.15, 0.2) is 0 Å². The molecule has 2 atom stereocenters. The molecule has 0 saturated heterocycles. The van der Waals surface area contributed by atoms with E-state index in [0.29, 0.717) is 16.6 Å². The van der Waals surface area contributed by atoms with Crippen molar-refractivity contribution in [3.8, 4) is 0 Å². The summed E-state index contributed by atoms with van der Waals surface area (Å²) in [5, 5.41) is 10.0. The summed E-state index contributed by atoms with van der Waals surface area (Å²) in [5.74, 6) is -0.314. The van der Waals surface area contributed by atoms with E-state index in [9.17, 15) is 9.50 Å². The van der Waals surface area contributed by atoms with Crippen molar-refractivity contribution in [3.63, 3.8) is 0 Å². The van der Waals surface area contributed by atoms with Gasteiger partial charge in [0.1, 0.15) is 5.82 Å². The molecule has 0 heterocycles. The molecule has 1 aromatic carbocycles. The van der Waals surface area contributed by atoms with E-state index in [1.807, 2.05) is 6.92 Å². The van der Waals surface area contributed by atoms with Gasteiger partial charge >= 0.3 is 0 Å². The molecule has 2 unspecified atom stereocenters. The van der Waals surface area contributed by atoms with Crippen LogP contribution in [-0.4, -0.2) is 11.7 Å². The number of hydrogen-bond acceptors (Lipinski definition) is 2. The van der Waals surface area contributed by atoms with Crippen LogP contribution in [0.5, 0.6) is 0 Å². The average molecular weight is 276 g/mol. The molecule has 15 heavy (non-hydrogen) atoms. The minimum absolute atomic E-state index is 0.00626. The van der Waals surface area contributed by atoms with Crippen LogP contribution in [0.1, 0.15) is 25.0 Å². The molecule has 0 aliphatic rings. The molecule has 1 aromatic rings. The van der Waals surface area contributed by atoms with E-state index in [2.05, 4.69) is 15.9 Å². The summed E-state index contributed by atoms with van der Waals surface area (Å²) in [4.78, 5) is 0. The zero-order valence-electron chi connectivity index (χ0n) is 8.58. The Morgan fingerprint density at radius 2 is 2.20 bits per heavy atom. The first-order valence-electron chi connectivity index (χ1n) is 4.93. The van der Waals surface area contributed by atoms with Crippen molar-refractivity contribution >= 4 is 15.9 Å². The first kappa shape index (κ1) is 12.6. The standard InChI is InChI=1S/C11H15BrFNO/c1-2-7(6-14)11(15)9-4-3-8(13)5-10(9)12/h3-5,7,11,15H,2,6,14H2,1H3. The van der Waals surface area contributed by atoms with Gasteiger partial charge < -0.3 is 10.8 Å². The van der Waals surface area contributed by atoms with E-state index in [1.54, 1.807) is 6.07 Å². The van der Waals surface area contributed by atoms with Crippen molar-refractivity contribution in [1.29, 1.82) is 0 Å². The lowest BCUT2D eigenvalue weighted by Gasteiger charge is -2.21. The highest BCUT2D eigenvalue weighted by molar-refractivity contribution is 9.10. The van der Waals surface area contributed by atoms with Crippen molar-refractivity contribution < 1.29 is 9.50 Å². The fraction of sp³-hybridized carbons (Fsp3) is 0.455. The Hall–Kier alpha value is -0.450. The van der Waals surface area contributed by atoms with Gasteiger partial charge in [0.05, 0.1) is 6.10 Å². The molecule has 0 saturated carbocycles. The summed E-state index contributed by atoms with van der Waals surface area (Å²) in [6, 6.07) is 4.27. The maximum absolute atomic E-state index is 12.8. The zero-order valence-corrected chi connectivity index (χ0v) is 10.2. The second kappa shape index (κ2) is 5.58. The third-order valence-electron chi connectivity index (χ3n) is 2.55. The molecular weight excluding hydrogens is 261 g/mol. The van der Waals surface area contributed by atoms with Gasteiger partial charge in [0, 0.05) is 10.4 Å². The number of halogens is 2. The third-order valence-corrected chi connectivity index (χ3v) is 3.24. The Morgan fingerprint density at radius 3 is 2.67 bits per heavy atom. The van der Waals surface area contributed by atoms with Crippen molar-refractivity contribution in [2.45, 2.75) is 19.4 Å². The average Bonchev–Trinajstić information content (AvgIpc) is 2.19. The highest BCUT2D eigenvalue weighted by Crippen LogP contribution is 2.30. The van der Waals surface area contributed by atoms with Crippen LogP contribution in [0, 0.1) is 11.7 Å². The minimum Gasteiger partial charge on any atom is -0.388 e. The summed E-state index contributed by atoms with van der Waals surface area (Å²) in [6.45, 7) is 2.39. The van der Waals surface area contributed by atoms with Crippen molar-refractivity contribution in [2.75, 3.05) is 6.54 Å². The van der Waals surface area contributed by atoms with Gasteiger partial charge in [-0.25, -0.2) is 4.39 Å². The van der Waals surface area contributed by atoms with Crippen LogP contribution in [0.2, 0.25) is 0 Å². The molecule has 1 rings (SSSR count). The molecule has 3 N–H and O–H groups in total. The summed E-state index contributed by atoms with van der Waals surface area (Å²) in [7, 11) is 0. The monoisotopic (exact) mass is 275 g/mol. The second-order valence-electron chi connectivity index (χ2n) is 3.51. The van der Waals surface area contributed by atoms with Gasteiger partial charge in [0.2, 0.25) is 0 Å².